The van der Waals surface area contributed by atoms with E-state index in [0.717, 1.165) is 29.6 Å². The smallest absolute Gasteiger partial charge is 0 e. The van der Waals surface area contributed by atoms with E-state index < -0.39 is 0 Å². The van der Waals surface area contributed by atoms with Crippen molar-refractivity contribution >= 4 is 0 Å². The molecule has 1 heteroatoms. The van der Waals surface area contributed by atoms with Crippen molar-refractivity contribution in [2.24, 2.45) is 29.6 Å². The number of hydrogen-bond donors (Lipinski definition) is 0. The van der Waals surface area contributed by atoms with Crippen LogP contribution >= 0.6 is 0 Å². The van der Waals surface area contributed by atoms with Crippen LogP contribution in [0.3, 0.4) is 0 Å². The molecule has 0 N–H and O–H groups in total. The van der Waals surface area contributed by atoms with Gasteiger partial charge in [-0.3, -0.25) is 0 Å². The zero-order valence-corrected chi connectivity index (χ0v) is 22.9. The first kappa shape index (κ1) is 19.3. The molecule has 0 aliphatic heterocycles. The zero-order chi connectivity index (χ0) is 15.9. The van der Waals surface area contributed by atoms with E-state index in [1.165, 1.54) is 64.2 Å². The second-order valence-corrected chi connectivity index (χ2v) is 9.39. The molecule has 0 nitrogen and oxygen atoms in total. The van der Waals surface area contributed by atoms with Crippen LogP contribution in [0.25, 0.3) is 0 Å². The van der Waals surface area contributed by atoms with Gasteiger partial charge in [-0.05, 0) is 42.4 Å². The summed E-state index contributed by atoms with van der Waals surface area (Å²) in [5.41, 5.74) is 0. The predicted molar refractivity (Wildman–Crippen MR) is 101 cm³/mol. The molecule has 3 aliphatic rings. The van der Waals surface area contributed by atoms with Crippen molar-refractivity contribution < 1.29 is 0 Å². The van der Waals surface area contributed by atoms with Crippen LogP contribution in [0.15, 0.2) is 0 Å². The Balaban J connectivity index is 0.00000208. The summed E-state index contributed by atoms with van der Waals surface area (Å²) in [6.45, 7) is 2.44. The normalized spacial score (nSPS) is 35.4. The molecule has 3 aliphatic carbocycles. The van der Waals surface area contributed by atoms with E-state index in [2.05, 4.69) is 13.3 Å². The Labute approximate surface area is 146 Å². The van der Waals surface area contributed by atoms with Crippen molar-refractivity contribution in [1.82, 2.24) is 0 Å². The monoisotopic (exact) mass is 584 g/mol. The first-order chi connectivity index (χ1) is 11.3. The topological polar surface area (TPSA) is 0 Å². The van der Waals surface area contributed by atoms with Gasteiger partial charge in [-0.25, -0.2) is 0 Å². The first-order valence-corrected chi connectivity index (χ1v) is 11.1. The van der Waals surface area contributed by atoms with Crippen molar-refractivity contribution in [1.29, 1.82) is 0 Å². The molecule has 0 bridgehead atoms. The number of rotatable bonds is 6. The summed E-state index contributed by atoms with van der Waals surface area (Å²) in [5, 5.41) is 0. The predicted octanol–water partition coefficient (Wildman–Crippen LogP) is 7.57. The molecule has 0 aromatic rings. The maximum atomic E-state index is 2.52. The molecule has 3 saturated carbocycles. The number of hydrogen-bond acceptors (Lipinski definition) is 0. The van der Waals surface area contributed by atoms with E-state index in [0.29, 0.717) is 0 Å². The zero-order valence-electron chi connectivity index (χ0n) is 16.5. The maximum absolute atomic E-state index is 2.52. The van der Waals surface area contributed by atoms with E-state index in [-0.39, 0.29) is 0 Å². The van der Waals surface area contributed by atoms with Crippen LogP contribution in [0.1, 0.15) is 110 Å². The van der Waals surface area contributed by atoms with E-state index in [4.69, 9.17) is 0 Å². The van der Waals surface area contributed by atoms with E-state index in [1.807, 2.05) is 0 Å². The summed E-state index contributed by atoms with van der Waals surface area (Å²) in [6, 6.07) is 0. The molecule has 0 saturated heterocycles. The van der Waals surface area contributed by atoms with Gasteiger partial charge in [-0.15, -0.1) is 0 Å². The molecular weight excluding hydrogens is 543 g/mol. The van der Waals surface area contributed by atoms with Gasteiger partial charge in [0.15, 0.2) is 0 Å². The molecule has 0 atom stereocenters. The van der Waals surface area contributed by atoms with Crippen LogP contribution in [0.5, 0.6) is 0 Å². The largest absolute Gasteiger partial charge is 0.328 e. The maximum Gasteiger partial charge on any atom is 0 e. The average molecular weight is 585 g/mol. The second kappa shape index (κ2) is 10.1. The summed E-state index contributed by atoms with van der Waals surface area (Å²) < 4.78 is 0. The van der Waals surface area contributed by atoms with Gasteiger partial charge in [0.2, 0.25) is 0 Å². The van der Waals surface area contributed by atoms with Crippen LogP contribution < -0.4 is 0 Å². The summed E-state index contributed by atoms with van der Waals surface area (Å²) >= 11 is 0. The summed E-state index contributed by atoms with van der Waals surface area (Å²) in [5.74, 6) is 5.39. The fourth-order valence-electron chi connectivity index (χ4n) is 5.86. The first-order valence-electron chi connectivity index (χ1n) is 11.1. The molecule has 0 radical (unpaired) electrons. The molecule has 3 fully saturated rings. The quantitative estimate of drug-likeness (QED) is 0.223. The van der Waals surface area contributed by atoms with Crippen LogP contribution in [-0.4, -0.2) is 0 Å². The van der Waals surface area contributed by atoms with Gasteiger partial charge >= 0.3 is 0 Å². The van der Waals surface area contributed by atoms with Gasteiger partial charge in [-0.2, -0.15) is 12.8 Å². The molecule has 0 heterocycles. The Kier molecular flexibility index (Phi) is 8.13. The minimum atomic E-state index is 0. The van der Waals surface area contributed by atoms with Crippen molar-refractivity contribution in [2.75, 3.05) is 0 Å². The summed E-state index contributed by atoms with van der Waals surface area (Å²) in [7, 11) is 0. The van der Waals surface area contributed by atoms with Crippen molar-refractivity contribution in [2.45, 2.75) is 110 Å². The third kappa shape index (κ3) is 5.82. The Bertz CT molecular complexity index is 304. The molecule has 0 amide bonds. The third-order valence-corrected chi connectivity index (χ3v) is 7.65. The van der Waals surface area contributed by atoms with Gasteiger partial charge in [0, 0.05) is 0 Å². The fourth-order valence-corrected chi connectivity index (χ4v) is 5.86. The molecule has 0 spiro atoms. The molecular formula is C23H41Rf-. The third-order valence-electron chi connectivity index (χ3n) is 7.65. The van der Waals surface area contributed by atoms with Gasteiger partial charge in [0.05, 0.1) is 0 Å². The molecule has 0 aromatic carbocycles. The average Bonchev–Trinajstić information content (AvgIpc) is 2.62. The minimum absolute atomic E-state index is 0. The Morgan fingerprint density at radius 2 is 1.08 bits per heavy atom. The van der Waals surface area contributed by atoms with E-state index in [9.17, 15) is 0 Å². The minimum Gasteiger partial charge on any atom is -0.328 e. The van der Waals surface area contributed by atoms with Crippen LogP contribution in [0.2, 0.25) is 0 Å². The van der Waals surface area contributed by atoms with Gasteiger partial charge in [0.25, 0.3) is 0 Å². The SMILES string of the molecule is CC1CCC(CCCCC2CCC(C3CC[CH-]CC3)CC2)CC1.[Rf]. The Morgan fingerprint density at radius 3 is 1.62 bits per heavy atom. The van der Waals surface area contributed by atoms with Crippen molar-refractivity contribution in [3.8, 4) is 0 Å². The Hall–Kier alpha value is -1.00. The molecule has 0 unspecified atom stereocenters. The molecule has 3 rings (SSSR count). The molecule has 24 heavy (non-hydrogen) atoms. The number of unbranched alkanes of at least 4 members (excludes halogenated alkanes) is 1. The van der Waals surface area contributed by atoms with Crippen LogP contribution in [-0.2, 0) is 0 Å². The summed E-state index contributed by atoms with van der Waals surface area (Å²) in [6.07, 6.45) is 26.8. The van der Waals surface area contributed by atoms with Gasteiger partial charge < -0.3 is 6.42 Å². The summed E-state index contributed by atoms with van der Waals surface area (Å²) in [4.78, 5) is 0. The van der Waals surface area contributed by atoms with E-state index >= 15 is 0 Å². The molecule has 136 valence electrons. The van der Waals surface area contributed by atoms with Gasteiger partial charge in [-0.1, -0.05) is 84.0 Å². The van der Waals surface area contributed by atoms with Gasteiger partial charge in [0.1, 0.15) is 0 Å². The molecule has 0 aromatic heterocycles. The van der Waals surface area contributed by atoms with Crippen LogP contribution in [0.4, 0.5) is 0 Å². The van der Waals surface area contributed by atoms with Crippen molar-refractivity contribution in [3.63, 3.8) is 0 Å². The van der Waals surface area contributed by atoms with Crippen LogP contribution in [0, 0.1) is 36.0 Å². The fraction of sp³-hybridized carbons (Fsp3) is 0.957. The van der Waals surface area contributed by atoms with E-state index in [1.54, 1.807) is 38.5 Å². The standard InChI is InChI=1S/C23H41.Rf/c1-19-11-13-20(14-12-19)7-5-6-8-21-15-17-23(18-16-21)22-9-3-2-4-10-22;/h2,19-23H,3-18H2,1H3;/q-1;. The Morgan fingerprint density at radius 1 is 0.625 bits per heavy atom. The van der Waals surface area contributed by atoms with Crippen molar-refractivity contribution in [3.05, 3.63) is 6.42 Å². The second-order valence-electron chi connectivity index (χ2n) is 9.39.